The summed E-state index contributed by atoms with van der Waals surface area (Å²) < 4.78 is 10.5. The third-order valence-corrected chi connectivity index (χ3v) is 2.85. The minimum absolute atomic E-state index is 0.344. The van der Waals surface area contributed by atoms with Crippen LogP contribution in [-0.2, 0) is 11.3 Å². The van der Waals surface area contributed by atoms with Gasteiger partial charge in [0.2, 0.25) is 0 Å². The molecule has 2 rings (SSSR count). The Morgan fingerprint density at radius 2 is 1.86 bits per heavy atom. The van der Waals surface area contributed by atoms with E-state index >= 15 is 0 Å². The molecule has 118 valence electrons. The molecule has 2 aromatic rings. The number of furan rings is 1. The maximum absolute atomic E-state index is 11.9. The summed E-state index contributed by atoms with van der Waals surface area (Å²) in [6, 6.07) is 10.8. The molecular weight excluding hydrogens is 304 g/mol. The highest BCUT2D eigenvalue weighted by Gasteiger charge is 2.17. The molecule has 1 aromatic heterocycles. The lowest BCUT2D eigenvalue weighted by Crippen LogP contribution is -2.27. The molecule has 0 aliphatic rings. The molecule has 0 atom stereocenters. The van der Waals surface area contributed by atoms with Gasteiger partial charge < -0.3 is 14.5 Å². The Hall–Kier alpha value is -2.14. The molecule has 5 nitrogen and oxygen atoms in total. The summed E-state index contributed by atoms with van der Waals surface area (Å²) in [5.74, 6) is 0.706. The SMILES string of the molecule is CC(C)(C)OC(=O)Nc1ccccc1NCc1ccc(Cl)o1. The number of carbonyl (C=O) groups is 1. The van der Waals surface area contributed by atoms with E-state index in [0.29, 0.717) is 23.2 Å². The van der Waals surface area contributed by atoms with Crippen molar-refractivity contribution in [1.29, 1.82) is 0 Å². The van der Waals surface area contributed by atoms with Crippen molar-refractivity contribution in [1.82, 2.24) is 0 Å². The van der Waals surface area contributed by atoms with E-state index in [-0.39, 0.29) is 0 Å². The van der Waals surface area contributed by atoms with Crippen LogP contribution in [0.2, 0.25) is 5.22 Å². The van der Waals surface area contributed by atoms with Crippen LogP contribution < -0.4 is 10.6 Å². The third kappa shape index (κ3) is 5.00. The van der Waals surface area contributed by atoms with Gasteiger partial charge in [-0.3, -0.25) is 5.32 Å². The predicted octanol–water partition coefficient (Wildman–Crippen LogP) is 4.89. The van der Waals surface area contributed by atoms with E-state index in [9.17, 15) is 4.79 Å². The zero-order valence-electron chi connectivity index (χ0n) is 12.8. The monoisotopic (exact) mass is 322 g/mol. The van der Waals surface area contributed by atoms with Crippen molar-refractivity contribution in [2.75, 3.05) is 10.6 Å². The van der Waals surface area contributed by atoms with E-state index in [0.717, 1.165) is 5.69 Å². The highest BCUT2D eigenvalue weighted by atomic mass is 35.5. The van der Waals surface area contributed by atoms with Crippen LogP contribution in [0.3, 0.4) is 0 Å². The normalized spacial score (nSPS) is 11.1. The minimum atomic E-state index is -0.544. The standard InChI is InChI=1S/C16H19ClN2O3/c1-16(2,3)22-15(20)19-13-7-5-4-6-12(13)18-10-11-8-9-14(17)21-11/h4-9,18H,10H2,1-3H3,(H,19,20). The number of halogens is 1. The molecule has 22 heavy (non-hydrogen) atoms. The van der Waals surface area contributed by atoms with Crippen LogP contribution in [0.15, 0.2) is 40.8 Å². The van der Waals surface area contributed by atoms with Gasteiger partial charge in [0, 0.05) is 0 Å². The van der Waals surface area contributed by atoms with E-state index in [1.54, 1.807) is 18.2 Å². The van der Waals surface area contributed by atoms with Crippen LogP contribution in [-0.4, -0.2) is 11.7 Å². The van der Waals surface area contributed by atoms with Crippen LogP contribution in [0.25, 0.3) is 0 Å². The molecule has 0 aliphatic carbocycles. The summed E-state index contributed by atoms with van der Waals surface area (Å²) in [6.45, 7) is 5.91. The van der Waals surface area contributed by atoms with Crippen molar-refractivity contribution < 1.29 is 13.9 Å². The first-order chi connectivity index (χ1) is 10.3. The van der Waals surface area contributed by atoms with E-state index in [1.165, 1.54) is 0 Å². The van der Waals surface area contributed by atoms with Crippen LogP contribution in [0, 0.1) is 0 Å². The lowest BCUT2D eigenvalue weighted by atomic mass is 10.2. The van der Waals surface area contributed by atoms with E-state index in [2.05, 4.69) is 10.6 Å². The first kappa shape index (κ1) is 16.2. The summed E-state index contributed by atoms with van der Waals surface area (Å²) >= 11 is 5.74. The lowest BCUT2D eigenvalue weighted by Gasteiger charge is -2.20. The van der Waals surface area contributed by atoms with Gasteiger partial charge in [0.05, 0.1) is 17.9 Å². The van der Waals surface area contributed by atoms with Crippen molar-refractivity contribution in [2.24, 2.45) is 0 Å². The number of nitrogens with one attached hydrogen (secondary N) is 2. The van der Waals surface area contributed by atoms with Gasteiger partial charge in [0.15, 0.2) is 5.22 Å². The van der Waals surface area contributed by atoms with Crippen molar-refractivity contribution in [2.45, 2.75) is 32.9 Å². The summed E-state index contributed by atoms with van der Waals surface area (Å²) in [5, 5.41) is 6.26. The number of amides is 1. The molecule has 2 N–H and O–H groups in total. The van der Waals surface area contributed by atoms with Gasteiger partial charge in [0.1, 0.15) is 11.4 Å². The molecular formula is C16H19ClN2O3. The van der Waals surface area contributed by atoms with Crippen LogP contribution in [0.5, 0.6) is 0 Å². The number of ether oxygens (including phenoxy) is 1. The smallest absolute Gasteiger partial charge is 0.412 e. The minimum Gasteiger partial charge on any atom is -0.448 e. The fraction of sp³-hybridized carbons (Fsp3) is 0.312. The number of para-hydroxylation sites is 2. The number of hydrogen-bond donors (Lipinski definition) is 2. The number of rotatable bonds is 4. The zero-order chi connectivity index (χ0) is 16.2. The van der Waals surface area contributed by atoms with E-state index in [1.807, 2.05) is 39.0 Å². The molecule has 0 unspecified atom stereocenters. The fourth-order valence-corrected chi connectivity index (χ4v) is 1.95. The molecule has 0 saturated heterocycles. The van der Waals surface area contributed by atoms with Gasteiger partial charge in [-0.25, -0.2) is 4.79 Å². The van der Waals surface area contributed by atoms with Crippen molar-refractivity contribution in [3.05, 3.63) is 47.4 Å². The molecule has 1 amide bonds. The second-order valence-corrected chi connectivity index (χ2v) is 6.10. The van der Waals surface area contributed by atoms with Crippen molar-refractivity contribution in [3.8, 4) is 0 Å². The fourth-order valence-electron chi connectivity index (χ4n) is 1.79. The first-order valence-corrected chi connectivity index (χ1v) is 7.28. The summed E-state index contributed by atoms with van der Waals surface area (Å²) in [5.41, 5.74) is 0.854. The molecule has 0 saturated carbocycles. The van der Waals surface area contributed by atoms with Crippen molar-refractivity contribution in [3.63, 3.8) is 0 Å². The number of hydrogen-bond acceptors (Lipinski definition) is 4. The van der Waals surface area contributed by atoms with Gasteiger partial charge >= 0.3 is 6.09 Å². The van der Waals surface area contributed by atoms with E-state index < -0.39 is 11.7 Å². The summed E-state index contributed by atoms with van der Waals surface area (Å²) in [7, 11) is 0. The van der Waals surface area contributed by atoms with Gasteiger partial charge in [-0.2, -0.15) is 0 Å². The molecule has 0 radical (unpaired) electrons. The number of benzene rings is 1. The lowest BCUT2D eigenvalue weighted by molar-refractivity contribution is 0.0636. The highest BCUT2D eigenvalue weighted by Crippen LogP contribution is 2.23. The maximum atomic E-state index is 11.9. The molecule has 6 heteroatoms. The Labute approximate surface area is 134 Å². The summed E-state index contributed by atoms with van der Waals surface area (Å²) in [4.78, 5) is 11.9. The summed E-state index contributed by atoms with van der Waals surface area (Å²) in [6.07, 6.45) is -0.497. The largest absolute Gasteiger partial charge is 0.448 e. The zero-order valence-corrected chi connectivity index (χ0v) is 13.5. The molecule has 0 spiro atoms. The van der Waals surface area contributed by atoms with Gasteiger partial charge in [-0.1, -0.05) is 12.1 Å². The average Bonchev–Trinajstić information content (AvgIpc) is 2.81. The molecule has 0 aliphatic heterocycles. The van der Waals surface area contributed by atoms with Gasteiger partial charge in [-0.15, -0.1) is 0 Å². The Balaban J connectivity index is 2.01. The third-order valence-electron chi connectivity index (χ3n) is 2.64. The quantitative estimate of drug-likeness (QED) is 0.841. The average molecular weight is 323 g/mol. The van der Waals surface area contributed by atoms with Crippen LogP contribution in [0.4, 0.5) is 16.2 Å². The number of anilines is 2. The van der Waals surface area contributed by atoms with Crippen LogP contribution in [0.1, 0.15) is 26.5 Å². The second kappa shape index (κ2) is 6.75. The molecule has 0 fully saturated rings. The second-order valence-electron chi connectivity index (χ2n) is 5.73. The Morgan fingerprint density at radius 3 is 2.45 bits per heavy atom. The predicted molar refractivity (Wildman–Crippen MR) is 87.3 cm³/mol. The Kier molecular flexibility index (Phi) is 4.98. The number of carbonyl (C=O) groups excluding carboxylic acids is 1. The van der Waals surface area contributed by atoms with Crippen LogP contribution >= 0.6 is 11.6 Å². The molecule has 0 bridgehead atoms. The first-order valence-electron chi connectivity index (χ1n) is 6.90. The van der Waals surface area contributed by atoms with Crippen molar-refractivity contribution >= 4 is 29.1 Å². The van der Waals surface area contributed by atoms with E-state index in [4.69, 9.17) is 20.8 Å². The molecule has 1 heterocycles. The Bertz CT molecular complexity index is 647. The molecule has 1 aromatic carbocycles. The van der Waals surface area contributed by atoms with Gasteiger partial charge in [0.25, 0.3) is 0 Å². The van der Waals surface area contributed by atoms with Gasteiger partial charge in [-0.05, 0) is 56.6 Å². The topological polar surface area (TPSA) is 63.5 Å². The highest BCUT2D eigenvalue weighted by molar-refractivity contribution is 6.28. The maximum Gasteiger partial charge on any atom is 0.412 e. The Morgan fingerprint density at radius 1 is 1.18 bits per heavy atom.